The molecule has 3 rings (SSSR count). The first kappa shape index (κ1) is 13.6. The van der Waals surface area contributed by atoms with Crippen LogP contribution in [-0.4, -0.2) is 36.1 Å². The Morgan fingerprint density at radius 2 is 1.80 bits per heavy atom. The predicted molar refractivity (Wildman–Crippen MR) is 73.8 cm³/mol. The van der Waals surface area contributed by atoms with Crippen LogP contribution in [0.2, 0.25) is 0 Å². The van der Waals surface area contributed by atoms with Gasteiger partial charge in [-0.3, -0.25) is 4.79 Å². The van der Waals surface area contributed by atoms with Gasteiger partial charge in [-0.05, 0) is 43.9 Å². The maximum absolute atomic E-state index is 12.9. The van der Waals surface area contributed by atoms with Gasteiger partial charge in [-0.1, -0.05) is 12.1 Å². The van der Waals surface area contributed by atoms with Crippen molar-refractivity contribution < 1.29 is 13.9 Å². The van der Waals surface area contributed by atoms with Crippen LogP contribution in [0.15, 0.2) is 24.3 Å². The van der Waals surface area contributed by atoms with Crippen LogP contribution in [0.5, 0.6) is 0 Å². The van der Waals surface area contributed by atoms with Crippen LogP contribution in [-0.2, 0) is 9.53 Å². The Morgan fingerprint density at radius 1 is 1.20 bits per heavy atom. The first-order valence-corrected chi connectivity index (χ1v) is 7.23. The summed E-state index contributed by atoms with van der Waals surface area (Å²) < 4.78 is 18.4. The van der Waals surface area contributed by atoms with Crippen molar-refractivity contribution in [3.63, 3.8) is 0 Å². The first-order valence-electron chi connectivity index (χ1n) is 7.23. The molecule has 1 saturated heterocycles. The maximum atomic E-state index is 12.9. The van der Waals surface area contributed by atoms with Gasteiger partial charge >= 0.3 is 0 Å². The molecular weight excluding hydrogens is 257 g/mol. The van der Waals surface area contributed by atoms with Crippen molar-refractivity contribution in [1.82, 2.24) is 4.90 Å². The molecule has 1 aromatic carbocycles. The fourth-order valence-electron chi connectivity index (χ4n) is 3.18. The molecule has 0 spiro atoms. The van der Waals surface area contributed by atoms with E-state index in [9.17, 15) is 9.18 Å². The van der Waals surface area contributed by atoms with E-state index < -0.39 is 0 Å². The number of amides is 1. The number of benzene rings is 1. The Labute approximate surface area is 118 Å². The molecule has 1 aliphatic heterocycles. The Hall–Kier alpha value is -1.42. The SMILES string of the molecule is CC1COCC(C)N1C(=O)C1CC1c1ccc(F)cc1. The van der Waals surface area contributed by atoms with Gasteiger partial charge in [0, 0.05) is 5.92 Å². The van der Waals surface area contributed by atoms with Gasteiger partial charge in [-0.15, -0.1) is 0 Å². The Bertz CT molecular complexity index is 492. The first-order chi connectivity index (χ1) is 9.58. The van der Waals surface area contributed by atoms with Crippen molar-refractivity contribution in [2.45, 2.75) is 38.3 Å². The van der Waals surface area contributed by atoms with E-state index in [1.165, 1.54) is 12.1 Å². The molecule has 1 aliphatic carbocycles. The third-order valence-corrected chi connectivity index (χ3v) is 4.33. The highest BCUT2D eigenvalue weighted by molar-refractivity contribution is 5.83. The molecule has 2 fully saturated rings. The number of hydrogen-bond acceptors (Lipinski definition) is 2. The molecule has 0 N–H and O–H groups in total. The lowest BCUT2D eigenvalue weighted by atomic mass is 10.1. The van der Waals surface area contributed by atoms with E-state index in [4.69, 9.17) is 4.74 Å². The van der Waals surface area contributed by atoms with Crippen LogP contribution >= 0.6 is 0 Å². The quantitative estimate of drug-likeness (QED) is 0.831. The summed E-state index contributed by atoms with van der Waals surface area (Å²) in [6.45, 7) is 5.29. The van der Waals surface area contributed by atoms with Gasteiger partial charge in [0.1, 0.15) is 5.82 Å². The summed E-state index contributed by atoms with van der Waals surface area (Å²) in [7, 11) is 0. The van der Waals surface area contributed by atoms with Crippen LogP contribution in [0.1, 0.15) is 31.7 Å². The second-order valence-electron chi connectivity index (χ2n) is 5.98. The topological polar surface area (TPSA) is 29.5 Å². The normalized spacial score (nSPS) is 33.0. The largest absolute Gasteiger partial charge is 0.377 e. The Kier molecular flexibility index (Phi) is 3.50. The van der Waals surface area contributed by atoms with Gasteiger partial charge in [0.15, 0.2) is 0 Å². The molecule has 20 heavy (non-hydrogen) atoms. The second kappa shape index (κ2) is 5.17. The van der Waals surface area contributed by atoms with Crippen LogP contribution in [0.25, 0.3) is 0 Å². The highest BCUT2D eigenvalue weighted by Crippen LogP contribution is 2.49. The van der Waals surface area contributed by atoms with Crippen molar-refractivity contribution in [1.29, 1.82) is 0 Å². The van der Waals surface area contributed by atoms with Gasteiger partial charge in [0.25, 0.3) is 0 Å². The highest BCUT2D eigenvalue weighted by Gasteiger charge is 2.47. The summed E-state index contributed by atoms with van der Waals surface area (Å²) in [6, 6.07) is 6.80. The lowest BCUT2D eigenvalue weighted by molar-refractivity contribution is -0.145. The minimum atomic E-state index is -0.229. The standard InChI is InChI=1S/C16H20FNO2/c1-10-8-20-9-11(2)18(10)16(19)15-7-14(15)12-3-5-13(17)6-4-12/h3-6,10-11,14-15H,7-9H2,1-2H3. The molecule has 0 radical (unpaired) electrons. The molecule has 1 saturated carbocycles. The van der Waals surface area contributed by atoms with E-state index in [1.807, 2.05) is 18.7 Å². The predicted octanol–water partition coefficient (Wildman–Crippen LogP) is 2.57. The summed E-state index contributed by atoms with van der Waals surface area (Å²) in [5, 5.41) is 0. The molecule has 1 amide bonds. The monoisotopic (exact) mass is 277 g/mol. The minimum Gasteiger partial charge on any atom is -0.377 e. The Morgan fingerprint density at radius 3 is 2.40 bits per heavy atom. The molecule has 4 unspecified atom stereocenters. The number of nitrogens with zero attached hydrogens (tertiary/aromatic N) is 1. The number of morpholine rings is 1. The molecule has 4 heteroatoms. The lowest BCUT2D eigenvalue weighted by Gasteiger charge is -2.39. The molecule has 108 valence electrons. The van der Waals surface area contributed by atoms with Crippen LogP contribution < -0.4 is 0 Å². The number of carbonyl (C=O) groups is 1. The summed E-state index contributed by atoms with van der Waals surface area (Å²) in [4.78, 5) is 14.6. The van der Waals surface area contributed by atoms with Crippen molar-refractivity contribution in [3.8, 4) is 0 Å². The van der Waals surface area contributed by atoms with E-state index >= 15 is 0 Å². The van der Waals surface area contributed by atoms with Crippen LogP contribution in [0, 0.1) is 11.7 Å². The number of rotatable bonds is 2. The average Bonchev–Trinajstić information content (AvgIpc) is 3.19. The molecular formula is C16H20FNO2. The number of hydrogen-bond donors (Lipinski definition) is 0. The lowest BCUT2D eigenvalue weighted by Crippen LogP contribution is -2.53. The van der Waals surface area contributed by atoms with Crippen molar-refractivity contribution in [3.05, 3.63) is 35.6 Å². The van der Waals surface area contributed by atoms with Gasteiger partial charge in [-0.2, -0.15) is 0 Å². The molecule has 0 aromatic heterocycles. The average molecular weight is 277 g/mol. The van der Waals surface area contributed by atoms with Crippen molar-refractivity contribution in [2.75, 3.05) is 13.2 Å². The zero-order valence-corrected chi connectivity index (χ0v) is 11.9. The Balaban J connectivity index is 1.69. The zero-order valence-electron chi connectivity index (χ0n) is 11.9. The zero-order chi connectivity index (χ0) is 14.3. The van der Waals surface area contributed by atoms with E-state index in [1.54, 1.807) is 12.1 Å². The van der Waals surface area contributed by atoms with Crippen LogP contribution in [0.4, 0.5) is 4.39 Å². The van der Waals surface area contributed by atoms with Gasteiger partial charge in [0.2, 0.25) is 5.91 Å². The number of ether oxygens (including phenoxy) is 1. The van der Waals surface area contributed by atoms with E-state index in [0.29, 0.717) is 13.2 Å². The fraction of sp³-hybridized carbons (Fsp3) is 0.562. The van der Waals surface area contributed by atoms with Crippen LogP contribution in [0.3, 0.4) is 0 Å². The molecule has 1 aromatic rings. The highest BCUT2D eigenvalue weighted by atomic mass is 19.1. The van der Waals surface area contributed by atoms with Gasteiger partial charge < -0.3 is 9.64 Å². The van der Waals surface area contributed by atoms with Crippen molar-refractivity contribution in [2.24, 2.45) is 5.92 Å². The number of carbonyl (C=O) groups excluding carboxylic acids is 1. The molecule has 3 nitrogen and oxygen atoms in total. The van der Waals surface area contributed by atoms with Crippen molar-refractivity contribution >= 4 is 5.91 Å². The van der Waals surface area contributed by atoms with E-state index in [2.05, 4.69) is 0 Å². The van der Waals surface area contributed by atoms with E-state index in [0.717, 1.165) is 12.0 Å². The summed E-state index contributed by atoms with van der Waals surface area (Å²) in [5.74, 6) is 0.309. The summed E-state index contributed by atoms with van der Waals surface area (Å²) >= 11 is 0. The molecule has 2 aliphatic rings. The summed E-state index contributed by atoms with van der Waals surface area (Å²) in [6.07, 6.45) is 0.876. The molecule has 4 atom stereocenters. The smallest absolute Gasteiger partial charge is 0.226 e. The van der Waals surface area contributed by atoms with Gasteiger partial charge in [-0.25, -0.2) is 4.39 Å². The van der Waals surface area contributed by atoms with E-state index in [-0.39, 0.29) is 35.6 Å². The second-order valence-corrected chi connectivity index (χ2v) is 5.98. The number of halogens is 1. The molecule has 1 heterocycles. The minimum absolute atomic E-state index is 0.0588. The maximum Gasteiger partial charge on any atom is 0.226 e. The third kappa shape index (κ3) is 2.44. The molecule has 0 bridgehead atoms. The summed E-state index contributed by atoms with van der Waals surface area (Å²) in [5.41, 5.74) is 1.07. The fourth-order valence-corrected chi connectivity index (χ4v) is 3.18. The van der Waals surface area contributed by atoms with Gasteiger partial charge in [0.05, 0.1) is 25.3 Å². The third-order valence-electron chi connectivity index (χ3n) is 4.33.